The highest BCUT2D eigenvalue weighted by Gasteiger charge is 2.37. The second-order valence-electron chi connectivity index (χ2n) is 8.69. The van der Waals surface area contributed by atoms with Crippen molar-refractivity contribution in [3.05, 3.63) is 113 Å². The number of carbonyl (C=O) groups excluding carboxylic acids is 3. The quantitative estimate of drug-likeness (QED) is 0.233. The first kappa shape index (κ1) is 25.6. The van der Waals surface area contributed by atoms with Crippen molar-refractivity contribution in [2.45, 2.75) is 12.6 Å². The number of carbonyl (C=O) groups is 3. The number of aromatic nitrogens is 2. The minimum absolute atomic E-state index is 0.0242. The van der Waals surface area contributed by atoms with Gasteiger partial charge in [0.1, 0.15) is 16.7 Å². The summed E-state index contributed by atoms with van der Waals surface area (Å²) in [6, 6.07) is 20.6. The van der Waals surface area contributed by atoms with Crippen LogP contribution in [-0.2, 0) is 11.3 Å². The molecule has 3 aromatic carbocycles. The van der Waals surface area contributed by atoms with E-state index in [4.69, 9.17) is 11.5 Å². The lowest BCUT2D eigenvalue weighted by Gasteiger charge is -2.31. The number of rotatable bonds is 8. The van der Waals surface area contributed by atoms with Gasteiger partial charge in [0, 0.05) is 34.9 Å². The topological polar surface area (TPSA) is 147 Å². The molecule has 1 atom stereocenters. The van der Waals surface area contributed by atoms with Crippen LogP contribution < -0.4 is 21.7 Å². The van der Waals surface area contributed by atoms with Gasteiger partial charge in [-0.2, -0.15) is 4.37 Å². The van der Waals surface area contributed by atoms with Crippen LogP contribution in [0.4, 0.5) is 15.8 Å². The summed E-state index contributed by atoms with van der Waals surface area (Å²) in [6.45, 7) is 0.101. The van der Waals surface area contributed by atoms with Gasteiger partial charge in [0.05, 0.1) is 5.69 Å². The number of nitrogens with one attached hydrogen (secondary N) is 2. The largest absolute Gasteiger partial charge is 0.395 e. The van der Waals surface area contributed by atoms with Crippen LogP contribution in [0.1, 0.15) is 37.3 Å². The zero-order chi connectivity index (χ0) is 27.5. The molecule has 0 fully saturated rings. The van der Waals surface area contributed by atoms with Crippen molar-refractivity contribution in [2.75, 3.05) is 10.6 Å². The number of benzene rings is 3. The highest BCUT2D eigenvalue weighted by atomic mass is 32.1. The average molecular weight is 543 g/mol. The molecule has 6 N–H and O–H groups in total. The molecule has 2 aromatic heterocycles. The SMILES string of the molecule is NC(=O)c1nsc(C(=O)N(c2ccccc2)[C@H](C(=O)NCc2ccc(F)cc2)c2c[nH]c3ccccc23)c1N. The second kappa shape index (κ2) is 10.8. The molecule has 11 heteroatoms. The standard InChI is InChI=1S/C28H23FN6O3S/c29-17-12-10-16(11-13-17)14-33-27(37)24(20-15-32-21-9-5-4-8-19(20)21)35(18-6-2-1-3-7-18)28(38)25-22(30)23(26(31)36)34-39-25/h1-13,15,24,32H,14,30H2,(H2,31,36)(H,33,37)/t24-/m0/s1. The van der Waals surface area contributed by atoms with Gasteiger partial charge in [-0.05, 0) is 47.4 Å². The van der Waals surface area contributed by atoms with Gasteiger partial charge in [-0.1, -0.05) is 48.5 Å². The molecule has 196 valence electrons. The predicted molar refractivity (Wildman–Crippen MR) is 148 cm³/mol. The van der Waals surface area contributed by atoms with Gasteiger partial charge in [0.15, 0.2) is 5.69 Å². The van der Waals surface area contributed by atoms with Crippen LogP contribution in [0.3, 0.4) is 0 Å². The fourth-order valence-corrected chi connectivity index (χ4v) is 5.06. The molecule has 0 radical (unpaired) electrons. The molecule has 5 aromatic rings. The number of amides is 3. The number of fused-ring (bicyclic) bond motifs is 1. The number of nitrogens with zero attached hydrogens (tertiary/aromatic N) is 2. The van der Waals surface area contributed by atoms with Crippen LogP contribution >= 0.6 is 11.5 Å². The molecule has 3 amide bonds. The van der Waals surface area contributed by atoms with Crippen molar-refractivity contribution < 1.29 is 18.8 Å². The van der Waals surface area contributed by atoms with Gasteiger partial charge in [-0.3, -0.25) is 19.3 Å². The maximum absolute atomic E-state index is 14.1. The molecule has 5 rings (SSSR count). The van der Waals surface area contributed by atoms with Crippen molar-refractivity contribution in [1.82, 2.24) is 14.7 Å². The van der Waals surface area contributed by atoms with Crippen LogP contribution in [0.25, 0.3) is 10.9 Å². The molecule has 0 spiro atoms. The van der Waals surface area contributed by atoms with E-state index >= 15 is 0 Å². The normalized spacial score (nSPS) is 11.7. The van der Waals surface area contributed by atoms with Gasteiger partial charge in [-0.25, -0.2) is 4.39 Å². The van der Waals surface area contributed by atoms with E-state index in [0.717, 1.165) is 22.4 Å². The fourth-order valence-electron chi connectivity index (χ4n) is 4.32. The fraction of sp³-hybridized carbons (Fsp3) is 0.0714. The Morgan fingerprint density at radius 3 is 2.38 bits per heavy atom. The number of anilines is 2. The van der Waals surface area contributed by atoms with Crippen molar-refractivity contribution in [2.24, 2.45) is 5.73 Å². The van der Waals surface area contributed by atoms with Crippen LogP contribution in [-0.4, -0.2) is 27.1 Å². The number of nitrogens with two attached hydrogens (primary N) is 2. The van der Waals surface area contributed by atoms with E-state index in [1.807, 2.05) is 24.3 Å². The molecule has 2 heterocycles. The minimum atomic E-state index is -1.16. The zero-order valence-electron chi connectivity index (χ0n) is 20.4. The Labute approximate surface area is 226 Å². The number of hydrogen-bond acceptors (Lipinski definition) is 6. The molecule has 0 aliphatic carbocycles. The predicted octanol–water partition coefficient (Wildman–Crippen LogP) is 4.15. The number of H-pyrrole nitrogens is 1. The van der Waals surface area contributed by atoms with Gasteiger partial charge in [0.25, 0.3) is 11.8 Å². The summed E-state index contributed by atoms with van der Waals surface area (Å²) in [7, 11) is 0. The summed E-state index contributed by atoms with van der Waals surface area (Å²) in [4.78, 5) is 44.3. The number of para-hydroxylation sites is 2. The molecule has 0 bridgehead atoms. The molecule has 0 saturated heterocycles. The third-order valence-corrected chi connectivity index (χ3v) is 7.06. The Kier molecular flexibility index (Phi) is 7.06. The number of primary amides is 1. The summed E-state index contributed by atoms with van der Waals surface area (Å²) in [6.07, 6.45) is 1.68. The molecule has 0 aliphatic rings. The third-order valence-electron chi connectivity index (χ3n) is 6.21. The molecule has 0 saturated carbocycles. The van der Waals surface area contributed by atoms with Gasteiger partial charge in [0.2, 0.25) is 5.91 Å². The first-order valence-electron chi connectivity index (χ1n) is 11.9. The second-order valence-corrected chi connectivity index (χ2v) is 9.46. The summed E-state index contributed by atoms with van der Waals surface area (Å²) < 4.78 is 17.4. The van der Waals surface area contributed by atoms with E-state index in [0.29, 0.717) is 16.8 Å². The smallest absolute Gasteiger partial charge is 0.273 e. The van der Waals surface area contributed by atoms with E-state index in [2.05, 4.69) is 14.7 Å². The lowest BCUT2D eigenvalue weighted by molar-refractivity contribution is -0.122. The van der Waals surface area contributed by atoms with Crippen LogP contribution in [0.15, 0.2) is 85.1 Å². The minimum Gasteiger partial charge on any atom is -0.395 e. The first-order valence-corrected chi connectivity index (χ1v) is 12.6. The van der Waals surface area contributed by atoms with Crippen molar-refractivity contribution in [1.29, 1.82) is 0 Å². The first-order chi connectivity index (χ1) is 18.8. The maximum atomic E-state index is 14.1. The van der Waals surface area contributed by atoms with Crippen LogP contribution in [0.2, 0.25) is 0 Å². The number of halogens is 1. The van der Waals surface area contributed by atoms with Crippen molar-refractivity contribution in [3.63, 3.8) is 0 Å². The van der Waals surface area contributed by atoms with Crippen LogP contribution in [0, 0.1) is 5.82 Å². The Hall–Kier alpha value is -5.03. The highest BCUT2D eigenvalue weighted by molar-refractivity contribution is 7.09. The summed E-state index contributed by atoms with van der Waals surface area (Å²) in [5, 5.41) is 3.62. The Morgan fingerprint density at radius 2 is 1.69 bits per heavy atom. The van der Waals surface area contributed by atoms with Gasteiger partial charge >= 0.3 is 0 Å². The van der Waals surface area contributed by atoms with Crippen molar-refractivity contribution in [3.8, 4) is 0 Å². The van der Waals surface area contributed by atoms with E-state index < -0.39 is 23.8 Å². The molecule has 39 heavy (non-hydrogen) atoms. The molecular weight excluding hydrogens is 519 g/mol. The van der Waals surface area contributed by atoms with E-state index in [1.54, 1.807) is 48.7 Å². The van der Waals surface area contributed by atoms with Crippen LogP contribution in [0.5, 0.6) is 0 Å². The lowest BCUT2D eigenvalue weighted by Crippen LogP contribution is -2.44. The molecule has 9 nitrogen and oxygen atoms in total. The monoisotopic (exact) mass is 542 g/mol. The van der Waals surface area contributed by atoms with E-state index in [9.17, 15) is 18.8 Å². The number of aromatic amines is 1. The Bertz CT molecular complexity index is 1670. The van der Waals surface area contributed by atoms with Gasteiger partial charge < -0.3 is 21.8 Å². The third kappa shape index (κ3) is 5.07. The Balaban J connectivity index is 1.63. The van der Waals surface area contributed by atoms with Gasteiger partial charge in [-0.15, -0.1) is 0 Å². The number of hydrogen-bond donors (Lipinski definition) is 4. The summed E-state index contributed by atoms with van der Waals surface area (Å²) in [5.74, 6) is -2.37. The molecular formula is C28H23FN6O3S. The van der Waals surface area contributed by atoms with E-state index in [-0.39, 0.29) is 28.6 Å². The average Bonchev–Trinajstić information content (AvgIpc) is 3.55. The zero-order valence-corrected chi connectivity index (χ0v) is 21.2. The lowest BCUT2D eigenvalue weighted by atomic mass is 10.0. The maximum Gasteiger partial charge on any atom is 0.273 e. The van der Waals surface area contributed by atoms with Crippen molar-refractivity contribution >= 4 is 51.5 Å². The molecule has 0 unspecified atom stereocenters. The Morgan fingerprint density at radius 1 is 1.00 bits per heavy atom. The number of nitrogen functional groups attached to an aromatic ring is 1. The highest BCUT2D eigenvalue weighted by Crippen LogP contribution is 2.35. The molecule has 0 aliphatic heterocycles. The summed E-state index contributed by atoms with van der Waals surface area (Å²) in [5.41, 5.74) is 13.5. The van der Waals surface area contributed by atoms with E-state index in [1.165, 1.54) is 17.0 Å². The summed E-state index contributed by atoms with van der Waals surface area (Å²) >= 11 is 0.735.